The van der Waals surface area contributed by atoms with Crippen LogP contribution < -0.4 is 5.73 Å². The number of hydrogen-bond donors (Lipinski definition) is 1. The summed E-state index contributed by atoms with van der Waals surface area (Å²) in [4.78, 5) is 14.7. The first-order valence-corrected chi connectivity index (χ1v) is 6.83. The molecule has 0 saturated carbocycles. The summed E-state index contributed by atoms with van der Waals surface area (Å²) in [5.74, 6) is 0.0215. The van der Waals surface area contributed by atoms with Crippen LogP contribution >= 0.6 is 12.2 Å². The van der Waals surface area contributed by atoms with E-state index in [0.29, 0.717) is 30.3 Å². The first kappa shape index (κ1) is 14.0. The minimum Gasteiger partial charge on any atom is -0.389 e. The highest BCUT2D eigenvalue weighted by Gasteiger charge is 2.26. The summed E-state index contributed by atoms with van der Waals surface area (Å²) < 4.78 is 5.42. The Morgan fingerprint density at radius 2 is 2.26 bits per heavy atom. The summed E-state index contributed by atoms with van der Waals surface area (Å²) >= 11 is 4.94. The van der Waals surface area contributed by atoms with Gasteiger partial charge >= 0.3 is 0 Å². The number of morpholine rings is 1. The fourth-order valence-corrected chi connectivity index (χ4v) is 2.36. The van der Waals surface area contributed by atoms with Crippen LogP contribution in [0.2, 0.25) is 0 Å². The second-order valence-electron chi connectivity index (χ2n) is 4.58. The van der Waals surface area contributed by atoms with Crippen molar-refractivity contribution in [2.75, 3.05) is 19.8 Å². The molecule has 1 fully saturated rings. The summed E-state index contributed by atoms with van der Waals surface area (Å²) in [7, 11) is 0. The number of rotatable bonds is 3. The third-order valence-electron chi connectivity index (χ3n) is 3.35. The Morgan fingerprint density at radius 3 is 2.95 bits per heavy atom. The molecular weight excluding hydrogens is 260 g/mol. The van der Waals surface area contributed by atoms with E-state index in [2.05, 4.69) is 6.92 Å². The number of ether oxygens (including phenoxy) is 1. The summed E-state index contributed by atoms with van der Waals surface area (Å²) in [5.41, 5.74) is 6.96. The standard InChI is InChI=1S/C14H18N2O2S/c1-2-12-9-18-7-6-16(12)14(17)11-5-3-4-10(8-11)13(15)19/h3-5,8,12H,2,6-7,9H2,1H3,(H2,15,19). The Morgan fingerprint density at radius 1 is 1.53 bits per heavy atom. The van der Waals surface area contributed by atoms with Crippen molar-refractivity contribution in [1.82, 2.24) is 4.90 Å². The molecule has 0 aliphatic carbocycles. The molecule has 0 spiro atoms. The van der Waals surface area contributed by atoms with Crippen molar-refractivity contribution in [2.24, 2.45) is 5.73 Å². The molecule has 1 aliphatic rings. The first-order valence-electron chi connectivity index (χ1n) is 6.42. The summed E-state index contributed by atoms with van der Waals surface area (Å²) in [6.45, 7) is 3.90. The molecule has 2 N–H and O–H groups in total. The molecule has 1 atom stereocenters. The second kappa shape index (κ2) is 6.12. The maximum Gasteiger partial charge on any atom is 0.254 e. The SMILES string of the molecule is CCC1COCCN1C(=O)c1cccc(C(N)=S)c1. The Kier molecular flexibility index (Phi) is 4.50. The van der Waals surface area contributed by atoms with Crippen LogP contribution in [0.5, 0.6) is 0 Å². The third kappa shape index (κ3) is 3.11. The van der Waals surface area contributed by atoms with Gasteiger partial charge in [-0.05, 0) is 18.6 Å². The molecule has 19 heavy (non-hydrogen) atoms. The number of nitrogens with zero attached hydrogens (tertiary/aromatic N) is 1. The number of nitrogens with two attached hydrogens (primary N) is 1. The predicted octanol–water partition coefficient (Wildman–Crippen LogP) is 1.57. The van der Waals surface area contributed by atoms with Crippen LogP contribution in [0.3, 0.4) is 0 Å². The van der Waals surface area contributed by atoms with Gasteiger partial charge in [0.1, 0.15) is 4.99 Å². The van der Waals surface area contributed by atoms with E-state index in [1.807, 2.05) is 17.0 Å². The van der Waals surface area contributed by atoms with Gasteiger partial charge < -0.3 is 15.4 Å². The minimum absolute atomic E-state index is 0.0215. The first-order chi connectivity index (χ1) is 9.13. The third-order valence-corrected chi connectivity index (χ3v) is 3.59. The van der Waals surface area contributed by atoms with Crippen LogP contribution in [0, 0.1) is 0 Å². The molecule has 102 valence electrons. The molecule has 0 aromatic heterocycles. The van der Waals surface area contributed by atoms with E-state index in [9.17, 15) is 4.79 Å². The maximum atomic E-state index is 12.5. The number of benzene rings is 1. The average Bonchev–Trinajstić information content (AvgIpc) is 2.46. The lowest BCUT2D eigenvalue weighted by Crippen LogP contribution is -2.48. The van der Waals surface area contributed by atoms with Gasteiger partial charge in [-0.25, -0.2) is 0 Å². The number of carbonyl (C=O) groups is 1. The van der Waals surface area contributed by atoms with Crippen LogP contribution in [-0.2, 0) is 4.74 Å². The maximum absolute atomic E-state index is 12.5. The molecule has 0 radical (unpaired) electrons. The molecule has 2 rings (SSSR count). The number of thiocarbonyl (C=S) groups is 1. The molecular formula is C14H18N2O2S. The fourth-order valence-electron chi connectivity index (χ4n) is 2.23. The van der Waals surface area contributed by atoms with Crippen LogP contribution in [0.25, 0.3) is 0 Å². The highest BCUT2D eigenvalue weighted by atomic mass is 32.1. The van der Waals surface area contributed by atoms with Gasteiger partial charge in [0.2, 0.25) is 0 Å². The molecule has 1 amide bonds. The molecule has 1 saturated heterocycles. The molecule has 1 aromatic rings. The lowest BCUT2D eigenvalue weighted by Gasteiger charge is -2.35. The van der Waals surface area contributed by atoms with Gasteiger partial charge in [-0.3, -0.25) is 4.79 Å². The number of hydrogen-bond acceptors (Lipinski definition) is 3. The van der Waals surface area contributed by atoms with Gasteiger partial charge in [-0.15, -0.1) is 0 Å². The lowest BCUT2D eigenvalue weighted by molar-refractivity contribution is -0.00279. The quantitative estimate of drug-likeness (QED) is 0.853. The number of amides is 1. The Labute approximate surface area is 118 Å². The largest absolute Gasteiger partial charge is 0.389 e. The Balaban J connectivity index is 2.22. The zero-order chi connectivity index (χ0) is 13.8. The molecule has 5 heteroatoms. The highest BCUT2D eigenvalue weighted by molar-refractivity contribution is 7.80. The van der Waals surface area contributed by atoms with Crippen molar-refractivity contribution in [2.45, 2.75) is 19.4 Å². The zero-order valence-corrected chi connectivity index (χ0v) is 11.8. The summed E-state index contributed by atoms with van der Waals surface area (Å²) in [6.07, 6.45) is 0.890. The van der Waals surface area contributed by atoms with Crippen molar-refractivity contribution in [1.29, 1.82) is 0 Å². The van der Waals surface area contributed by atoms with E-state index in [1.165, 1.54) is 0 Å². The van der Waals surface area contributed by atoms with E-state index >= 15 is 0 Å². The van der Waals surface area contributed by atoms with Gasteiger partial charge in [0.05, 0.1) is 19.3 Å². The molecule has 0 bridgehead atoms. The van der Waals surface area contributed by atoms with Crippen LogP contribution in [-0.4, -0.2) is 41.6 Å². The van der Waals surface area contributed by atoms with Crippen molar-refractivity contribution >= 4 is 23.1 Å². The number of carbonyl (C=O) groups excluding carboxylic acids is 1. The molecule has 1 unspecified atom stereocenters. The Hall–Kier alpha value is -1.46. The van der Waals surface area contributed by atoms with Crippen molar-refractivity contribution in [3.05, 3.63) is 35.4 Å². The lowest BCUT2D eigenvalue weighted by atomic mass is 10.1. The minimum atomic E-state index is 0.0215. The van der Waals surface area contributed by atoms with Gasteiger partial charge in [-0.2, -0.15) is 0 Å². The van der Waals surface area contributed by atoms with E-state index in [0.717, 1.165) is 12.0 Å². The highest BCUT2D eigenvalue weighted by Crippen LogP contribution is 2.15. The topological polar surface area (TPSA) is 55.6 Å². The average molecular weight is 278 g/mol. The molecule has 4 nitrogen and oxygen atoms in total. The van der Waals surface area contributed by atoms with Gasteiger partial charge in [0, 0.05) is 17.7 Å². The van der Waals surface area contributed by atoms with Crippen LogP contribution in [0.1, 0.15) is 29.3 Å². The van der Waals surface area contributed by atoms with Gasteiger partial charge in [-0.1, -0.05) is 31.3 Å². The van der Waals surface area contributed by atoms with Crippen LogP contribution in [0.15, 0.2) is 24.3 Å². The summed E-state index contributed by atoms with van der Waals surface area (Å²) in [6, 6.07) is 7.33. The van der Waals surface area contributed by atoms with Crippen LogP contribution in [0.4, 0.5) is 0 Å². The molecule has 1 heterocycles. The summed E-state index contributed by atoms with van der Waals surface area (Å²) in [5, 5.41) is 0. The van der Waals surface area contributed by atoms with E-state index in [4.69, 9.17) is 22.7 Å². The van der Waals surface area contributed by atoms with E-state index in [1.54, 1.807) is 12.1 Å². The van der Waals surface area contributed by atoms with Crippen molar-refractivity contribution < 1.29 is 9.53 Å². The fraction of sp³-hybridized carbons (Fsp3) is 0.429. The zero-order valence-electron chi connectivity index (χ0n) is 11.0. The van der Waals surface area contributed by atoms with Gasteiger partial charge in [0.25, 0.3) is 5.91 Å². The van der Waals surface area contributed by atoms with Crippen molar-refractivity contribution in [3.8, 4) is 0 Å². The smallest absolute Gasteiger partial charge is 0.254 e. The van der Waals surface area contributed by atoms with Crippen molar-refractivity contribution in [3.63, 3.8) is 0 Å². The predicted molar refractivity (Wildman–Crippen MR) is 78.3 cm³/mol. The molecule has 1 aromatic carbocycles. The van der Waals surface area contributed by atoms with E-state index < -0.39 is 0 Å². The monoisotopic (exact) mass is 278 g/mol. The van der Waals surface area contributed by atoms with Gasteiger partial charge in [0.15, 0.2) is 0 Å². The Bertz CT molecular complexity index is 490. The second-order valence-corrected chi connectivity index (χ2v) is 5.02. The van der Waals surface area contributed by atoms with E-state index in [-0.39, 0.29) is 11.9 Å². The molecule has 1 aliphatic heterocycles. The normalized spacial score (nSPS) is 19.2.